The predicted molar refractivity (Wildman–Crippen MR) is 106 cm³/mol. The number of carbonyl (C=O) groups is 3. The lowest BCUT2D eigenvalue weighted by Gasteiger charge is -2.20. The van der Waals surface area contributed by atoms with Crippen molar-refractivity contribution in [2.45, 2.75) is 25.9 Å². The number of nitrogens with zero attached hydrogens (tertiary/aromatic N) is 1. The number of rotatable bonds is 6. The fourth-order valence-electron chi connectivity index (χ4n) is 3.41. The van der Waals surface area contributed by atoms with Crippen molar-refractivity contribution < 1.29 is 23.2 Å². The van der Waals surface area contributed by atoms with E-state index in [1.165, 1.54) is 13.1 Å². The molecule has 0 spiro atoms. The highest BCUT2D eigenvalue weighted by Crippen LogP contribution is 2.23. The molecule has 1 fully saturated rings. The van der Waals surface area contributed by atoms with E-state index in [4.69, 9.17) is 0 Å². The van der Waals surface area contributed by atoms with E-state index in [2.05, 4.69) is 10.6 Å². The fourth-order valence-corrected chi connectivity index (χ4v) is 3.41. The van der Waals surface area contributed by atoms with Gasteiger partial charge in [-0.25, -0.2) is 8.78 Å². The molecule has 8 heteroatoms. The van der Waals surface area contributed by atoms with Gasteiger partial charge in [-0.3, -0.25) is 14.4 Å². The van der Waals surface area contributed by atoms with Gasteiger partial charge in [-0.2, -0.15) is 0 Å². The standard InChI is InChI=1S/C22H23F2N3O3/c1-13-3-5-14(6-4-13)11-27-12-16(10-19(27)28)21(29)26-20(22(30)25-2)15-7-8-17(23)18(24)9-15/h3-9,16,20H,10-12H2,1-2H3,(H,25,30)(H,26,29). The number of carbonyl (C=O) groups excluding carboxylic acids is 3. The number of halogens is 2. The molecule has 2 unspecified atom stereocenters. The summed E-state index contributed by atoms with van der Waals surface area (Å²) in [6.45, 7) is 2.59. The normalized spacial score (nSPS) is 17.0. The van der Waals surface area contributed by atoms with Crippen LogP contribution in [0.4, 0.5) is 8.78 Å². The van der Waals surface area contributed by atoms with Crippen molar-refractivity contribution in [3.8, 4) is 0 Å². The second kappa shape index (κ2) is 9.02. The summed E-state index contributed by atoms with van der Waals surface area (Å²) in [6, 6.07) is 9.59. The molecule has 30 heavy (non-hydrogen) atoms. The highest BCUT2D eigenvalue weighted by molar-refractivity contribution is 5.93. The first kappa shape index (κ1) is 21.4. The van der Waals surface area contributed by atoms with Gasteiger partial charge in [0.1, 0.15) is 6.04 Å². The number of nitrogens with one attached hydrogen (secondary N) is 2. The largest absolute Gasteiger partial charge is 0.357 e. The van der Waals surface area contributed by atoms with Crippen LogP contribution >= 0.6 is 0 Å². The highest BCUT2D eigenvalue weighted by Gasteiger charge is 2.36. The van der Waals surface area contributed by atoms with E-state index in [0.29, 0.717) is 6.54 Å². The average molecular weight is 415 g/mol. The number of aryl methyl sites for hydroxylation is 1. The molecule has 1 saturated heterocycles. The minimum absolute atomic E-state index is 0.0237. The van der Waals surface area contributed by atoms with Crippen molar-refractivity contribution in [1.29, 1.82) is 0 Å². The topological polar surface area (TPSA) is 78.5 Å². The van der Waals surface area contributed by atoms with Crippen LogP contribution in [0.1, 0.15) is 29.2 Å². The Kier molecular flexibility index (Phi) is 6.44. The molecule has 158 valence electrons. The molecule has 1 aliphatic rings. The second-order valence-electron chi connectivity index (χ2n) is 7.39. The maximum Gasteiger partial charge on any atom is 0.246 e. The molecule has 2 N–H and O–H groups in total. The summed E-state index contributed by atoms with van der Waals surface area (Å²) in [6.07, 6.45) is 0.0237. The first-order chi connectivity index (χ1) is 14.3. The van der Waals surface area contributed by atoms with Gasteiger partial charge in [-0.15, -0.1) is 0 Å². The summed E-state index contributed by atoms with van der Waals surface area (Å²) in [7, 11) is 1.38. The number of likely N-dealkylation sites (N-methyl/N-ethyl adjacent to an activating group) is 1. The van der Waals surface area contributed by atoms with Crippen LogP contribution in [-0.2, 0) is 20.9 Å². The zero-order valence-corrected chi connectivity index (χ0v) is 16.7. The van der Waals surface area contributed by atoms with E-state index in [9.17, 15) is 23.2 Å². The predicted octanol–water partition coefficient (Wildman–Crippen LogP) is 2.23. The van der Waals surface area contributed by atoms with Crippen LogP contribution in [0.25, 0.3) is 0 Å². The third-order valence-electron chi connectivity index (χ3n) is 5.15. The van der Waals surface area contributed by atoms with E-state index >= 15 is 0 Å². The number of hydrogen-bond donors (Lipinski definition) is 2. The molecule has 3 amide bonds. The molecule has 0 aliphatic carbocycles. The van der Waals surface area contributed by atoms with Gasteiger partial charge in [0.15, 0.2) is 11.6 Å². The molecular formula is C22H23F2N3O3. The average Bonchev–Trinajstić information content (AvgIpc) is 3.09. The third-order valence-corrected chi connectivity index (χ3v) is 5.15. The summed E-state index contributed by atoms with van der Waals surface area (Å²) in [5, 5.41) is 4.97. The van der Waals surface area contributed by atoms with Crippen LogP contribution < -0.4 is 10.6 Å². The van der Waals surface area contributed by atoms with Crippen LogP contribution in [0, 0.1) is 24.5 Å². The Morgan fingerprint density at radius 1 is 1.13 bits per heavy atom. The van der Waals surface area contributed by atoms with Crippen LogP contribution in [0.5, 0.6) is 0 Å². The second-order valence-corrected chi connectivity index (χ2v) is 7.39. The Balaban J connectivity index is 1.69. The van der Waals surface area contributed by atoms with E-state index in [-0.39, 0.29) is 24.4 Å². The van der Waals surface area contributed by atoms with Crippen LogP contribution in [0.3, 0.4) is 0 Å². The zero-order valence-electron chi connectivity index (χ0n) is 16.7. The summed E-state index contributed by atoms with van der Waals surface area (Å²) < 4.78 is 26.8. The molecule has 2 atom stereocenters. The molecule has 0 aromatic heterocycles. The Morgan fingerprint density at radius 2 is 1.83 bits per heavy atom. The van der Waals surface area contributed by atoms with Crippen molar-refractivity contribution >= 4 is 17.7 Å². The van der Waals surface area contributed by atoms with Crippen molar-refractivity contribution in [2.24, 2.45) is 5.92 Å². The molecule has 3 rings (SSSR count). The number of amides is 3. The highest BCUT2D eigenvalue weighted by atomic mass is 19.2. The number of likely N-dealkylation sites (tertiary alicyclic amines) is 1. The molecule has 2 aromatic rings. The van der Waals surface area contributed by atoms with E-state index < -0.39 is 35.4 Å². The summed E-state index contributed by atoms with van der Waals surface area (Å²) in [5.41, 5.74) is 2.18. The fraction of sp³-hybridized carbons (Fsp3) is 0.318. The lowest BCUT2D eigenvalue weighted by atomic mass is 10.0. The maximum atomic E-state index is 13.6. The molecule has 0 bridgehead atoms. The van der Waals surface area contributed by atoms with E-state index in [1.54, 1.807) is 4.90 Å². The minimum atomic E-state index is -1.20. The smallest absolute Gasteiger partial charge is 0.246 e. The molecule has 0 radical (unpaired) electrons. The Hall–Kier alpha value is -3.29. The quantitative estimate of drug-likeness (QED) is 0.760. The Labute approximate surface area is 173 Å². The van der Waals surface area contributed by atoms with Crippen LogP contribution in [0.15, 0.2) is 42.5 Å². The summed E-state index contributed by atoms with van der Waals surface area (Å²) in [5.74, 6) is -4.02. The van der Waals surface area contributed by atoms with Crippen molar-refractivity contribution in [3.05, 3.63) is 70.8 Å². The molecule has 2 aromatic carbocycles. The number of hydrogen-bond acceptors (Lipinski definition) is 3. The lowest BCUT2D eigenvalue weighted by Crippen LogP contribution is -2.42. The van der Waals surface area contributed by atoms with Gasteiger partial charge < -0.3 is 15.5 Å². The maximum absolute atomic E-state index is 13.6. The molecule has 6 nitrogen and oxygen atoms in total. The Morgan fingerprint density at radius 3 is 2.47 bits per heavy atom. The summed E-state index contributed by atoms with van der Waals surface area (Å²) >= 11 is 0. The molecule has 1 aliphatic heterocycles. The molecular weight excluding hydrogens is 392 g/mol. The third kappa shape index (κ3) is 4.82. The molecule has 0 saturated carbocycles. The molecule has 1 heterocycles. The summed E-state index contributed by atoms with van der Waals surface area (Å²) in [4.78, 5) is 39.0. The van der Waals surface area contributed by atoms with Gasteiger partial charge >= 0.3 is 0 Å². The van der Waals surface area contributed by atoms with Gasteiger partial charge in [0.2, 0.25) is 17.7 Å². The van der Waals surface area contributed by atoms with Gasteiger partial charge in [0, 0.05) is 26.6 Å². The van der Waals surface area contributed by atoms with E-state index in [0.717, 1.165) is 23.3 Å². The van der Waals surface area contributed by atoms with E-state index in [1.807, 2.05) is 31.2 Å². The minimum Gasteiger partial charge on any atom is -0.357 e. The van der Waals surface area contributed by atoms with Gasteiger partial charge in [-0.05, 0) is 30.2 Å². The van der Waals surface area contributed by atoms with Gasteiger partial charge in [0.25, 0.3) is 0 Å². The number of benzene rings is 2. The van der Waals surface area contributed by atoms with Crippen LogP contribution in [0.2, 0.25) is 0 Å². The monoisotopic (exact) mass is 415 g/mol. The van der Waals surface area contributed by atoms with Gasteiger partial charge in [-0.1, -0.05) is 35.9 Å². The lowest BCUT2D eigenvalue weighted by molar-refractivity contribution is -0.131. The first-order valence-corrected chi connectivity index (χ1v) is 9.58. The van der Waals surface area contributed by atoms with Crippen LogP contribution in [-0.4, -0.2) is 36.2 Å². The SMILES string of the molecule is CNC(=O)C(NC(=O)C1CC(=O)N(Cc2ccc(C)cc2)C1)c1ccc(F)c(F)c1. The van der Waals surface area contributed by atoms with Crippen molar-refractivity contribution in [1.82, 2.24) is 15.5 Å². The zero-order chi connectivity index (χ0) is 21.8. The van der Waals surface area contributed by atoms with Crippen molar-refractivity contribution in [3.63, 3.8) is 0 Å². The van der Waals surface area contributed by atoms with Gasteiger partial charge in [0.05, 0.1) is 5.92 Å². The first-order valence-electron chi connectivity index (χ1n) is 9.58. The Bertz CT molecular complexity index is 963. The van der Waals surface area contributed by atoms with Crippen molar-refractivity contribution in [2.75, 3.05) is 13.6 Å².